The number of anilines is 1. The molecule has 5 rings (SSSR count). The number of aryl methyl sites for hydroxylation is 1. The van der Waals surface area contributed by atoms with E-state index in [1.54, 1.807) is 13.4 Å². The monoisotopic (exact) mass is 521 g/mol. The van der Waals surface area contributed by atoms with Gasteiger partial charge in [-0.1, -0.05) is 25.7 Å². The highest BCUT2D eigenvalue weighted by atomic mass is 28.3. The van der Waals surface area contributed by atoms with Gasteiger partial charge in [-0.15, -0.1) is 0 Å². The topological polar surface area (TPSA) is 45.9 Å². The molecule has 6 nitrogen and oxygen atoms in total. The van der Waals surface area contributed by atoms with E-state index >= 15 is 8.78 Å². The zero-order chi connectivity index (χ0) is 26.3. The van der Waals surface area contributed by atoms with Gasteiger partial charge in [0, 0.05) is 17.9 Å². The standard InChI is InChI=1S/C28H33F2N5OSi/c1-19-17-33(18-32-19)25-9-8-20(14-26(25)36-2)13-21-7-6-11-35-28(21)31-10-12-34(35)22-15-23(29)27(24(30)16-22)37(3,4)5/h8-9,13-18H,6-7,10-12H2,1-5H3. The summed E-state index contributed by atoms with van der Waals surface area (Å²) in [7, 11) is -0.483. The van der Waals surface area contributed by atoms with Crippen LogP contribution in [-0.4, -0.2) is 55.2 Å². The van der Waals surface area contributed by atoms with E-state index in [4.69, 9.17) is 9.73 Å². The van der Waals surface area contributed by atoms with E-state index in [1.165, 1.54) is 12.1 Å². The van der Waals surface area contributed by atoms with Crippen LogP contribution in [0.25, 0.3) is 11.8 Å². The van der Waals surface area contributed by atoms with Crippen LogP contribution in [0.3, 0.4) is 0 Å². The molecule has 0 N–H and O–H groups in total. The summed E-state index contributed by atoms with van der Waals surface area (Å²) in [5.74, 6) is 0.707. The Hall–Kier alpha value is -3.46. The number of amidine groups is 1. The van der Waals surface area contributed by atoms with Crippen molar-refractivity contribution in [2.45, 2.75) is 39.4 Å². The number of aliphatic imine (C=N–C) groups is 1. The number of hydrogen-bond acceptors (Lipinski definition) is 5. The highest BCUT2D eigenvalue weighted by Crippen LogP contribution is 2.31. The molecule has 194 valence electrons. The molecule has 0 saturated carbocycles. The molecule has 0 spiro atoms. The molecule has 0 aliphatic carbocycles. The van der Waals surface area contributed by atoms with Gasteiger partial charge in [0.1, 0.15) is 23.2 Å². The number of methoxy groups -OCH3 is 1. The Bertz CT molecular complexity index is 1370. The predicted octanol–water partition coefficient (Wildman–Crippen LogP) is 5.33. The highest BCUT2D eigenvalue weighted by Gasteiger charge is 2.32. The maximum atomic E-state index is 15.1. The van der Waals surface area contributed by atoms with Gasteiger partial charge in [-0.2, -0.15) is 0 Å². The maximum absolute atomic E-state index is 15.1. The number of benzene rings is 2. The minimum atomic E-state index is -2.15. The number of piperidine rings is 1. The summed E-state index contributed by atoms with van der Waals surface area (Å²) in [6.45, 7) is 9.71. The average Bonchev–Trinajstić information content (AvgIpc) is 3.28. The van der Waals surface area contributed by atoms with Crippen molar-refractivity contribution in [3.63, 3.8) is 0 Å². The lowest BCUT2D eigenvalue weighted by atomic mass is 10.00. The van der Waals surface area contributed by atoms with Gasteiger partial charge in [-0.25, -0.2) is 13.8 Å². The highest BCUT2D eigenvalue weighted by molar-refractivity contribution is 6.88. The molecule has 0 amide bonds. The fourth-order valence-corrected chi connectivity index (χ4v) is 6.75. The second kappa shape index (κ2) is 9.78. The van der Waals surface area contributed by atoms with Crippen LogP contribution in [0.1, 0.15) is 24.1 Å². The van der Waals surface area contributed by atoms with E-state index in [9.17, 15) is 0 Å². The molecule has 2 aliphatic rings. The van der Waals surface area contributed by atoms with Gasteiger partial charge in [-0.05, 0) is 61.2 Å². The molecule has 3 aromatic rings. The summed E-state index contributed by atoms with van der Waals surface area (Å²) in [5.41, 5.74) is 4.50. The molecule has 0 atom stereocenters. The summed E-state index contributed by atoms with van der Waals surface area (Å²) >= 11 is 0. The number of hydrazine groups is 1. The number of aromatic nitrogens is 2. The first-order chi connectivity index (χ1) is 17.7. The van der Waals surface area contributed by atoms with Gasteiger partial charge in [0.05, 0.1) is 51.7 Å². The van der Waals surface area contributed by atoms with Crippen LogP contribution in [0.4, 0.5) is 14.5 Å². The Morgan fingerprint density at radius 1 is 1.03 bits per heavy atom. The molecule has 0 unspecified atom stereocenters. The molecule has 3 heterocycles. The first kappa shape index (κ1) is 25.2. The van der Waals surface area contributed by atoms with Gasteiger partial charge < -0.3 is 9.30 Å². The van der Waals surface area contributed by atoms with Crippen molar-refractivity contribution < 1.29 is 13.5 Å². The number of halogens is 2. The third kappa shape index (κ3) is 4.92. The quantitative estimate of drug-likeness (QED) is 0.426. The van der Waals surface area contributed by atoms with Gasteiger partial charge in [0.25, 0.3) is 0 Å². The first-order valence-electron chi connectivity index (χ1n) is 12.6. The van der Waals surface area contributed by atoms with Crippen molar-refractivity contribution in [2.24, 2.45) is 4.99 Å². The van der Waals surface area contributed by atoms with Crippen molar-refractivity contribution in [3.8, 4) is 11.4 Å². The molecule has 2 aromatic carbocycles. The number of ether oxygens (including phenoxy) is 1. The van der Waals surface area contributed by atoms with Crippen molar-refractivity contribution in [1.82, 2.24) is 14.6 Å². The van der Waals surface area contributed by atoms with Crippen molar-refractivity contribution in [1.29, 1.82) is 0 Å². The smallest absolute Gasteiger partial charge is 0.145 e. The van der Waals surface area contributed by atoms with Gasteiger partial charge in [-0.3, -0.25) is 15.0 Å². The zero-order valence-corrected chi connectivity index (χ0v) is 23.1. The molecular formula is C28H33F2N5OSi. The molecule has 37 heavy (non-hydrogen) atoms. The lowest BCUT2D eigenvalue weighted by Crippen LogP contribution is -2.54. The second-order valence-electron chi connectivity index (χ2n) is 10.6. The van der Waals surface area contributed by atoms with Gasteiger partial charge >= 0.3 is 0 Å². The predicted molar refractivity (Wildman–Crippen MR) is 148 cm³/mol. The van der Waals surface area contributed by atoms with Gasteiger partial charge in [0.15, 0.2) is 0 Å². The number of imidazole rings is 1. The molecular weight excluding hydrogens is 488 g/mol. The van der Waals surface area contributed by atoms with E-state index in [0.717, 1.165) is 53.5 Å². The minimum absolute atomic E-state index is 0.254. The van der Waals surface area contributed by atoms with Crippen molar-refractivity contribution >= 4 is 30.9 Å². The largest absolute Gasteiger partial charge is 0.495 e. The molecule has 1 aromatic heterocycles. The normalized spacial score (nSPS) is 17.2. The Kier molecular flexibility index (Phi) is 6.66. The van der Waals surface area contributed by atoms with E-state index in [2.05, 4.69) is 22.1 Å². The molecule has 0 bridgehead atoms. The Morgan fingerprint density at radius 2 is 1.78 bits per heavy atom. The maximum Gasteiger partial charge on any atom is 0.145 e. The summed E-state index contributed by atoms with van der Waals surface area (Å²) in [5, 5.41) is 4.30. The number of fused-ring (bicyclic) bond motifs is 1. The molecule has 0 radical (unpaired) electrons. The number of nitrogens with zero attached hydrogens (tertiary/aromatic N) is 5. The molecule has 1 fully saturated rings. The summed E-state index contributed by atoms with van der Waals surface area (Å²) in [6, 6.07) is 9.06. The van der Waals surface area contributed by atoms with Crippen LogP contribution in [0.5, 0.6) is 5.75 Å². The van der Waals surface area contributed by atoms with E-state index in [1.807, 2.05) is 54.5 Å². The fraction of sp³-hybridized carbons (Fsp3) is 0.357. The Morgan fingerprint density at radius 3 is 2.43 bits per heavy atom. The number of rotatable bonds is 5. The zero-order valence-electron chi connectivity index (χ0n) is 22.1. The van der Waals surface area contributed by atoms with Crippen LogP contribution >= 0.6 is 0 Å². The van der Waals surface area contributed by atoms with Crippen LogP contribution in [0.15, 0.2) is 53.4 Å². The first-order valence-corrected chi connectivity index (χ1v) is 16.1. The van der Waals surface area contributed by atoms with E-state index in [-0.39, 0.29) is 5.19 Å². The van der Waals surface area contributed by atoms with Crippen LogP contribution in [0.2, 0.25) is 19.6 Å². The van der Waals surface area contributed by atoms with Crippen LogP contribution in [-0.2, 0) is 0 Å². The third-order valence-electron chi connectivity index (χ3n) is 6.82. The Balaban J connectivity index is 1.45. The molecule has 9 heteroatoms. The SMILES string of the molecule is COc1cc(C=C2CCCN3C2=NCCN3c2cc(F)c([Si](C)(C)C)c(F)c2)ccc1-n1cnc(C)c1. The molecule has 1 saturated heterocycles. The summed E-state index contributed by atoms with van der Waals surface area (Å²) < 4.78 is 37.8. The third-order valence-corrected chi connectivity index (χ3v) is 8.80. The van der Waals surface area contributed by atoms with Gasteiger partial charge in [0.2, 0.25) is 0 Å². The van der Waals surface area contributed by atoms with Crippen molar-refractivity contribution in [2.75, 3.05) is 31.8 Å². The minimum Gasteiger partial charge on any atom is -0.495 e. The molecule has 2 aliphatic heterocycles. The second-order valence-corrected chi connectivity index (χ2v) is 15.6. The lowest BCUT2D eigenvalue weighted by Gasteiger charge is -2.44. The average molecular weight is 522 g/mol. The fourth-order valence-electron chi connectivity index (χ4n) is 5.17. The Labute approximate surface area is 217 Å². The van der Waals surface area contributed by atoms with E-state index in [0.29, 0.717) is 18.8 Å². The van der Waals surface area contributed by atoms with Crippen LogP contribution < -0.4 is 14.9 Å². The number of hydrogen-bond donors (Lipinski definition) is 0. The van der Waals surface area contributed by atoms with Crippen molar-refractivity contribution in [3.05, 3.63) is 71.3 Å². The summed E-state index contributed by atoms with van der Waals surface area (Å²) in [4.78, 5) is 9.14. The van der Waals surface area contributed by atoms with Crippen LogP contribution in [0, 0.1) is 18.6 Å². The van der Waals surface area contributed by atoms with E-state index < -0.39 is 19.7 Å². The lowest BCUT2D eigenvalue weighted by molar-refractivity contribution is 0.347. The summed E-state index contributed by atoms with van der Waals surface area (Å²) in [6.07, 6.45) is 7.67.